The molecule has 0 fully saturated rings. The molecule has 0 saturated heterocycles. The Morgan fingerprint density at radius 3 is 2.82 bits per heavy atom. The fourth-order valence-corrected chi connectivity index (χ4v) is 2.20. The minimum absolute atomic E-state index is 0.348. The van der Waals surface area contributed by atoms with E-state index in [1.807, 2.05) is 18.2 Å². The lowest BCUT2D eigenvalue weighted by molar-refractivity contribution is 0.448. The first-order chi connectivity index (χ1) is 8.15. The van der Waals surface area contributed by atoms with Crippen LogP contribution >= 0.6 is 15.9 Å². The summed E-state index contributed by atoms with van der Waals surface area (Å²) in [4.78, 5) is 0. The Morgan fingerprint density at radius 2 is 2.12 bits per heavy atom. The summed E-state index contributed by atoms with van der Waals surface area (Å²) in [5.41, 5.74) is 0.946. The Balaban J connectivity index is 2.37. The van der Waals surface area contributed by atoms with Crippen LogP contribution in [0.25, 0.3) is 0 Å². The molecule has 0 radical (unpaired) electrons. The minimum atomic E-state index is 0.348. The second-order valence-electron chi connectivity index (χ2n) is 4.53. The molecule has 0 aliphatic heterocycles. The molecule has 1 rings (SSSR count). The van der Waals surface area contributed by atoms with Crippen LogP contribution in [0.1, 0.15) is 45.1 Å². The Labute approximate surface area is 113 Å². The van der Waals surface area contributed by atoms with Crippen molar-refractivity contribution in [2.24, 2.45) is 0 Å². The van der Waals surface area contributed by atoms with E-state index >= 15 is 0 Å². The summed E-state index contributed by atoms with van der Waals surface area (Å²) in [6, 6.07) is 6.25. The van der Waals surface area contributed by atoms with E-state index in [1.165, 1.54) is 25.7 Å². The molecule has 0 saturated carbocycles. The van der Waals surface area contributed by atoms with Crippen molar-refractivity contribution in [2.45, 2.75) is 52.1 Å². The number of phenols is 1. The lowest BCUT2D eigenvalue weighted by Crippen LogP contribution is -2.25. The maximum atomic E-state index is 9.84. The van der Waals surface area contributed by atoms with Crippen molar-refractivity contribution >= 4 is 15.9 Å². The van der Waals surface area contributed by atoms with Crippen molar-refractivity contribution in [2.75, 3.05) is 0 Å². The highest BCUT2D eigenvalue weighted by molar-refractivity contribution is 9.10. The fraction of sp³-hybridized carbons (Fsp3) is 0.571. The highest BCUT2D eigenvalue weighted by atomic mass is 79.9. The summed E-state index contributed by atoms with van der Waals surface area (Å²) in [5.74, 6) is 0.348. The number of rotatable bonds is 7. The smallest absolute Gasteiger partial charge is 0.134 e. The highest BCUT2D eigenvalue weighted by Gasteiger charge is 2.06. The van der Waals surface area contributed by atoms with E-state index in [-0.39, 0.29) is 0 Å². The number of halogens is 1. The molecule has 0 amide bonds. The van der Waals surface area contributed by atoms with E-state index in [0.717, 1.165) is 16.6 Å². The van der Waals surface area contributed by atoms with Gasteiger partial charge in [-0.3, -0.25) is 0 Å². The first-order valence-corrected chi connectivity index (χ1v) is 7.14. The predicted molar refractivity (Wildman–Crippen MR) is 76.3 cm³/mol. The van der Waals surface area contributed by atoms with E-state index < -0.39 is 0 Å². The molecule has 1 atom stereocenters. The van der Waals surface area contributed by atoms with Crippen LogP contribution in [0.5, 0.6) is 5.75 Å². The molecular weight excluding hydrogens is 278 g/mol. The zero-order valence-electron chi connectivity index (χ0n) is 10.7. The van der Waals surface area contributed by atoms with Gasteiger partial charge in [0.05, 0.1) is 4.47 Å². The van der Waals surface area contributed by atoms with Gasteiger partial charge in [-0.05, 0) is 35.3 Å². The van der Waals surface area contributed by atoms with Crippen LogP contribution in [0.15, 0.2) is 22.7 Å². The Kier molecular flexibility index (Phi) is 6.60. The van der Waals surface area contributed by atoms with Crippen LogP contribution < -0.4 is 5.32 Å². The van der Waals surface area contributed by atoms with Crippen molar-refractivity contribution in [1.29, 1.82) is 0 Å². The van der Waals surface area contributed by atoms with Crippen LogP contribution in [0.3, 0.4) is 0 Å². The Hall–Kier alpha value is -0.540. The monoisotopic (exact) mass is 299 g/mol. The predicted octanol–water partition coefficient (Wildman–Crippen LogP) is 4.21. The van der Waals surface area contributed by atoms with Gasteiger partial charge in [0.15, 0.2) is 0 Å². The summed E-state index contributed by atoms with van der Waals surface area (Å²) >= 11 is 3.33. The molecule has 17 heavy (non-hydrogen) atoms. The number of hydrogen-bond donors (Lipinski definition) is 2. The number of hydrogen-bond acceptors (Lipinski definition) is 2. The van der Waals surface area contributed by atoms with E-state index in [0.29, 0.717) is 11.8 Å². The first kappa shape index (κ1) is 14.5. The molecule has 0 heterocycles. The lowest BCUT2D eigenvalue weighted by atomic mass is 10.1. The maximum absolute atomic E-state index is 9.84. The van der Waals surface area contributed by atoms with Crippen molar-refractivity contribution in [3.8, 4) is 5.75 Å². The van der Waals surface area contributed by atoms with Gasteiger partial charge in [-0.1, -0.05) is 38.3 Å². The minimum Gasteiger partial charge on any atom is -0.506 e. The molecular formula is C14H22BrNO. The van der Waals surface area contributed by atoms with Crippen LogP contribution in [-0.4, -0.2) is 11.1 Å². The number of nitrogens with one attached hydrogen (secondary N) is 1. The maximum Gasteiger partial charge on any atom is 0.134 e. The number of benzene rings is 1. The van der Waals surface area contributed by atoms with Crippen molar-refractivity contribution in [3.63, 3.8) is 0 Å². The van der Waals surface area contributed by atoms with Gasteiger partial charge in [0.2, 0.25) is 0 Å². The van der Waals surface area contributed by atoms with E-state index in [2.05, 4.69) is 35.1 Å². The van der Waals surface area contributed by atoms with Gasteiger partial charge in [0, 0.05) is 18.2 Å². The molecule has 0 aliphatic rings. The second kappa shape index (κ2) is 7.72. The van der Waals surface area contributed by atoms with Gasteiger partial charge in [-0.25, -0.2) is 0 Å². The summed E-state index contributed by atoms with van der Waals surface area (Å²) < 4.78 is 0.760. The number of para-hydroxylation sites is 1. The molecule has 3 heteroatoms. The molecule has 2 N–H and O–H groups in total. The van der Waals surface area contributed by atoms with Crippen molar-refractivity contribution in [3.05, 3.63) is 28.2 Å². The second-order valence-corrected chi connectivity index (χ2v) is 5.38. The normalized spacial score (nSPS) is 12.6. The molecule has 0 bridgehead atoms. The van der Waals surface area contributed by atoms with Gasteiger partial charge in [0.1, 0.15) is 5.75 Å². The first-order valence-electron chi connectivity index (χ1n) is 6.35. The topological polar surface area (TPSA) is 32.3 Å². The van der Waals surface area contributed by atoms with E-state index in [9.17, 15) is 5.11 Å². The molecule has 0 aromatic heterocycles. The SMILES string of the molecule is CCCCCC(C)NCc1cccc(Br)c1O. The van der Waals surface area contributed by atoms with Gasteiger partial charge in [-0.15, -0.1) is 0 Å². The molecule has 2 nitrogen and oxygen atoms in total. The summed E-state index contributed by atoms with van der Waals surface area (Å²) in [7, 11) is 0. The molecule has 1 aromatic carbocycles. The third-order valence-corrected chi connectivity index (χ3v) is 3.59. The third-order valence-electron chi connectivity index (χ3n) is 2.95. The van der Waals surface area contributed by atoms with E-state index in [4.69, 9.17) is 0 Å². The van der Waals surface area contributed by atoms with Crippen molar-refractivity contribution < 1.29 is 5.11 Å². The molecule has 96 valence electrons. The van der Waals surface area contributed by atoms with Crippen LogP contribution in [0.2, 0.25) is 0 Å². The lowest BCUT2D eigenvalue weighted by Gasteiger charge is -2.14. The van der Waals surface area contributed by atoms with Gasteiger partial charge >= 0.3 is 0 Å². The zero-order chi connectivity index (χ0) is 12.7. The highest BCUT2D eigenvalue weighted by Crippen LogP contribution is 2.27. The summed E-state index contributed by atoms with van der Waals surface area (Å²) in [6.07, 6.45) is 5.03. The largest absolute Gasteiger partial charge is 0.506 e. The number of phenolic OH excluding ortho intramolecular Hbond substituents is 1. The Morgan fingerprint density at radius 1 is 1.35 bits per heavy atom. The third kappa shape index (κ3) is 5.09. The van der Waals surface area contributed by atoms with Crippen LogP contribution in [-0.2, 0) is 6.54 Å². The number of unbranched alkanes of at least 4 members (excludes halogenated alkanes) is 2. The average molecular weight is 300 g/mol. The molecule has 1 unspecified atom stereocenters. The van der Waals surface area contributed by atoms with Gasteiger partial charge in [0.25, 0.3) is 0 Å². The van der Waals surface area contributed by atoms with Crippen molar-refractivity contribution in [1.82, 2.24) is 5.32 Å². The standard InChI is InChI=1S/C14H22BrNO/c1-3-4-5-7-11(2)16-10-12-8-6-9-13(15)14(12)17/h6,8-9,11,16-17H,3-5,7,10H2,1-2H3. The van der Waals surface area contributed by atoms with Gasteiger partial charge in [-0.2, -0.15) is 0 Å². The average Bonchev–Trinajstić information content (AvgIpc) is 2.31. The summed E-state index contributed by atoms with van der Waals surface area (Å²) in [5, 5.41) is 13.3. The van der Waals surface area contributed by atoms with Crippen LogP contribution in [0.4, 0.5) is 0 Å². The summed E-state index contributed by atoms with van der Waals surface area (Å²) in [6.45, 7) is 5.14. The zero-order valence-corrected chi connectivity index (χ0v) is 12.3. The van der Waals surface area contributed by atoms with Gasteiger partial charge < -0.3 is 10.4 Å². The fourth-order valence-electron chi connectivity index (χ4n) is 1.79. The quantitative estimate of drug-likeness (QED) is 0.739. The molecule has 0 aliphatic carbocycles. The molecule has 1 aromatic rings. The Bertz CT molecular complexity index is 341. The van der Waals surface area contributed by atoms with Crippen LogP contribution in [0, 0.1) is 0 Å². The molecule has 0 spiro atoms. The number of aromatic hydroxyl groups is 1. The van der Waals surface area contributed by atoms with E-state index in [1.54, 1.807) is 0 Å².